The maximum absolute atomic E-state index is 12.6. The Hall–Kier alpha value is -1.19. The first-order chi connectivity index (χ1) is 9.32. The van der Waals surface area contributed by atoms with Crippen molar-refractivity contribution >= 4 is 5.78 Å². The molecule has 1 rings (SSSR count). The van der Waals surface area contributed by atoms with Gasteiger partial charge < -0.3 is 4.90 Å². The lowest BCUT2D eigenvalue weighted by Crippen LogP contribution is -2.37. The average Bonchev–Trinajstić information content (AvgIpc) is 2.39. The number of benzene rings is 1. The summed E-state index contributed by atoms with van der Waals surface area (Å²) in [4.78, 5) is 16.9. The normalized spacial score (nSPS) is 13.0. The van der Waals surface area contributed by atoms with E-state index < -0.39 is 0 Å². The van der Waals surface area contributed by atoms with Crippen LogP contribution in [0.25, 0.3) is 0 Å². The summed E-state index contributed by atoms with van der Waals surface area (Å²) in [5, 5.41) is 0. The summed E-state index contributed by atoms with van der Waals surface area (Å²) >= 11 is 0. The van der Waals surface area contributed by atoms with E-state index in [1.807, 2.05) is 40.0 Å². The monoisotopic (exact) mass is 276 g/mol. The van der Waals surface area contributed by atoms with Gasteiger partial charge >= 0.3 is 0 Å². The Labute approximate surface area is 123 Å². The lowest BCUT2D eigenvalue weighted by molar-refractivity contribution is 0.0865. The van der Waals surface area contributed by atoms with E-state index in [4.69, 9.17) is 0 Å². The fourth-order valence-corrected chi connectivity index (χ4v) is 2.26. The van der Waals surface area contributed by atoms with Crippen molar-refractivity contribution < 1.29 is 4.79 Å². The van der Waals surface area contributed by atoms with E-state index in [1.54, 1.807) is 0 Å². The van der Waals surface area contributed by atoms with Gasteiger partial charge in [-0.3, -0.25) is 9.69 Å². The van der Waals surface area contributed by atoms with E-state index in [9.17, 15) is 4.79 Å². The molecule has 3 heteroatoms. The van der Waals surface area contributed by atoms with Crippen molar-refractivity contribution in [3.63, 3.8) is 0 Å². The topological polar surface area (TPSA) is 23.6 Å². The van der Waals surface area contributed by atoms with Gasteiger partial charge in [0.15, 0.2) is 5.78 Å². The van der Waals surface area contributed by atoms with Crippen LogP contribution in [0.15, 0.2) is 18.2 Å². The van der Waals surface area contributed by atoms with Crippen molar-refractivity contribution in [3.05, 3.63) is 34.9 Å². The molecular formula is C17H28N2O. The first kappa shape index (κ1) is 16.9. The number of hydrogen-bond donors (Lipinski definition) is 0. The van der Waals surface area contributed by atoms with Crippen LogP contribution < -0.4 is 0 Å². The first-order valence-electron chi connectivity index (χ1n) is 7.29. The van der Waals surface area contributed by atoms with E-state index in [2.05, 4.69) is 30.0 Å². The Morgan fingerprint density at radius 2 is 1.80 bits per heavy atom. The molecule has 0 spiro atoms. The van der Waals surface area contributed by atoms with E-state index in [0.717, 1.165) is 36.2 Å². The SMILES string of the molecule is Cc1ccc(C)c(C(=O)C(C)N(C)CCCN(C)C)c1. The molecule has 0 N–H and O–H groups in total. The van der Waals surface area contributed by atoms with Gasteiger partial charge in [0, 0.05) is 5.56 Å². The van der Waals surface area contributed by atoms with Crippen LogP contribution in [0, 0.1) is 13.8 Å². The zero-order chi connectivity index (χ0) is 15.3. The van der Waals surface area contributed by atoms with Crippen LogP contribution >= 0.6 is 0 Å². The molecule has 1 unspecified atom stereocenters. The molecule has 0 bridgehead atoms. The van der Waals surface area contributed by atoms with Crippen molar-refractivity contribution in [2.24, 2.45) is 0 Å². The van der Waals surface area contributed by atoms with Gasteiger partial charge in [0.2, 0.25) is 0 Å². The number of hydrogen-bond acceptors (Lipinski definition) is 3. The second-order valence-corrected chi connectivity index (χ2v) is 6.00. The Bertz CT molecular complexity index is 454. The predicted molar refractivity (Wildman–Crippen MR) is 85.5 cm³/mol. The third-order valence-electron chi connectivity index (χ3n) is 3.82. The Kier molecular flexibility index (Phi) is 6.37. The number of ketones is 1. The van der Waals surface area contributed by atoms with Crippen LogP contribution in [0.5, 0.6) is 0 Å². The summed E-state index contributed by atoms with van der Waals surface area (Å²) < 4.78 is 0. The van der Waals surface area contributed by atoms with Crippen molar-refractivity contribution in [1.29, 1.82) is 0 Å². The summed E-state index contributed by atoms with van der Waals surface area (Å²) in [6.45, 7) is 8.03. The van der Waals surface area contributed by atoms with Crippen LogP contribution in [-0.4, -0.2) is 55.9 Å². The number of rotatable bonds is 7. The minimum absolute atomic E-state index is 0.0716. The second-order valence-electron chi connectivity index (χ2n) is 6.00. The van der Waals surface area contributed by atoms with Gasteiger partial charge in [-0.05, 0) is 73.1 Å². The molecule has 0 aliphatic heterocycles. The first-order valence-corrected chi connectivity index (χ1v) is 7.29. The Morgan fingerprint density at radius 1 is 1.15 bits per heavy atom. The van der Waals surface area contributed by atoms with Crippen LogP contribution in [0.1, 0.15) is 34.8 Å². The van der Waals surface area contributed by atoms with Gasteiger partial charge in [-0.15, -0.1) is 0 Å². The molecule has 0 radical (unpaired) electrons. The van der Waals surface area contributed by atoms with Gasteiger partial charge in [0.05, 0.1) is 6.04 Å². The molecule has 0 aliphatic carbocycles. The lowest BCUT2D eigenvalue weighted by atomic mass is 9.97. The number of aryl methyl sites for hydroxylation is 2. The molecule has 1 aromatic carbocycles. The molecule has 0 aromatic heterocycles. The summed E-state index contributed by atoms with van der Waals surface area (Å²) in [6, 6.07) is 6.01. The smallest absolute Gasteiger partial charge is 0.179 e. The van der Waals surface area contributed by atoms with Crippen molar-refractivity contribution in [2.45, 2.75) is 33.2 Å². The zero-order valence-electron chi connectivity index (χ0n) is 13.7. The van der Waals surface area contributed by atoms with Gasteiger partial charge in [0.1, 0.15) is 0 Å². The quantitative estimate of drug-likeness (QED) is 0.716. The molecule has 112 valence electrons. The molecule has 1 atom stereocenters. The zero-order valence-corrected chi connectivity index (χ0v) is 13.7. The summed E-state index contributed by atoms with van der Waals surface area (Å²) in [5.74, 6) is 0.221. The highest BCUT2D eigenvalue weighted by Crippen LogP contribution is 2.15. The van der Waals surface area contributed by atoms with Gasteiger partial charge in [-0.2, -0.15) is 0 Å². The largest absolute Gasteiger partial charge is 0.309 e. The third-order valence-corrected chi connectivity index (χ3v) is 3.82. The molecule has 0 saturated carbocycles. The highest BCUT2D eigenvalue weighted by Gasteiger charge is 2.20. The van der Waals surface area contributed by atoms with Gasteiger partial charge in [0.25, 0.3) is 0 Å². The molecule has 0 aliphatic rings. The minimum atomic E-state index is -0.0716. The second kappa shape index (κ2) is 7.55. The summed E-state index contributed by atoms with van der Waals surface area (Å²) in [7, 11) is 6.18. The van der Waals surface area contributed by atoms with E-state index in [0.29, 0.717) is 0 Å². The number of carbonyl (C=O) groups is 1. The summed E-state index contributed by atoms with van der Waals surface area (Å²) in [6.07, 6.45) is 1.08. The lowest BCUT2D eigenvalue weighted by Gasteiger charge is -2.25. The van der Waals surface area contributed by atoms with E-state index in [-0.39, 0.29) is 11.8 Å². The minimum Gasteiger partial charge on any atom is -0.309 e. The Balaban J connectivity index is 2.68. The maximum Gasteiger partial charge on any atom is 0.179 e. The standard InChI is InChI=1S/C17H28N2O/c1-13-8-9-14(2)16(12-13)17(20)15(3)19(6)11-7-10-18(4)5/h8-9,12,15H,7,10-11H2,1-6H3. The maximum atomic E-state index is 12.6. The fraction of sp³-hybridized carbons (Fsp3) is 0.588. The Morgan fingerprint density at radius 3 is 2.40 bits per heavy atom. The molecule has 0 heterocycles. The molecule has 3 nitrogen and oxygen atoms in total. The molecule has 0 fully saturated rings. The summed E-state index contributed by atoms with van der Waals surface area (Å²) in [5.41, 5.74) is 3.06. The molecule has 0 saturated heterocycles. The van der Waals surface area contributed by atoms with E-state index in [1.165, 1.54) is 0 Å². The van der Waals surface area contributed by atoms with Crippen LogP contribution in [-0.2, 0) is 0 Å². The van der Waals surface area contributed by atoms with Crippen molar-refractivity contribution in [2.75, 3.05) is 34.2 Å². The van der Waals surface area contributed by atoms with Crippen LogP contribution in [0.4, 0.5) is 0 Å². The number of nitrogens with zero attached hydrogens (tertiary/aromatic N) is 2. The van der Waals surface area contributed by atoms with Crippen molar-refractivity contribution in [1.82, 2.24) is 9.80 Å². The highest BCUT2D eigenvalue weighted by atomic mass is 16.1. The van der Waals surface area contributed by atoms with Crippen molar-refractivity contribution in [3.8, 4) is 0 Å². The number of carbonyl (C=O) groups excluding carboxylic acids is 1. The molecular weight excluding hydrogens is 248 g/mol. The highest BCUT2D eigenvalue weighted by molar-refractivity contribution is 6.01. The number of likely N-dealkylation sites (N-methyl/N-ethyl adjacent to an activating group) is 1. The number of Topliss-reactive ketones (excluding diaryl/α,β-unsaturated/α-hetero) is 1. The van der Waals surface area contributed by atoms with Gasteiger partial charge in [-0.25, -0.2) is 0 Å². The molecule has 1 aromatic rings. The van der Waals surface area contributed by atoms with E-state index >= 15 is 0 Å². The van der Waals surface area contributed by atoms with Crippen LogP contribution in [0.3, 0.4) is 0 Å². The predicted octanol–water partition coefficient (Wildman–Crippen LogP) is 2.76. The fourth-order valence-electron chi connectivity index (χ4n) is 2.26. The molecule has 20 heavy (non-hydrogen) atoms. The average molecular weight is 276 g/mol. The van der Waals surface area contributed by atoms with Crippen LogP contribution in [0.2, 0.25) is 0 Å². The third kappa shape index (κ3) is 4.73. The molecule has 0 amide bonds. The van der Waals surface area contributed by atoms with Gasteiger partial charge in [-0.1, -0.05) is 17.7 Å².